The Kier molecular flexibility index (Phi) is 5.03. The van der Waals surface area contributed by atoms with Crippen molar-refractivity contribution in [1.29, 1.82) is 0 Å². The van der Waals surface area contributed by atoms with Crippen molar-refractivity contribution in [3.05, 3.63) is 35.9 Å². The van der Waals surface area contributed by atoms with Crippen molar-refractivity contribution in [3.63, 3.8) is 0 Å². The van der Waals surface area contributed by atoms with E-state index in [1.165, 1.54) is 28.9 Å². The summed E-state index contributed by atoms with van der Waals surface area (Å²) in [5, 5.41) is 1.26. The summed E-state index contributed by atoms with van der Waals surface area (Å²) in [6, 6.07) is 10.6. The zero-order valence-corrected chi connectivity index (χ0v) is 8.99. The zero-order chi connectivity index (χ0) is 5.82. The second-order valence-corrected chi connectivity index (χ2v) is 2.78. The summed E-state index contributed by atoms with van der Waals surface area (Å²) in [6.45, 7) is 0. The van der Waals surface area contributed by atoms with Gasteiger partial charge in [0.1, 0.15) is 0 Å². The van der Waals surface area contributed by atoms with Crippen LogP contribution in [-0.2, 0) is 23.3 Å². The van der Waals surface area contributed by atoms with Crippen molar-refractivity contribution >= 4 is 12.4 Å². The molecule has 45 valence electrons. The van der Waals surface area contributed by atoms with Crippen molar-refractivity contribution < 1.29 is 18.3 Å². The van der Waals surface area contributed by atoms with Gasteiger partial charge in [0.2, 0.25) is 0 Å². The van der Waals surface area contributed by atoms with Crippen LogP contribution in [0.4, 0.5) is 0 Å². The molecule has 0 amide bonds. The molecule has 2 heteroatoms. The van der Waals surface area contributed by atoms with Crippen molar-refractivity contribution in [1.82, 2.24) is 0 Å². The van der Waals surface area contributed by atoms with Gasteiger partial charge in [-0.25, -0.2) is 0 Å². The average molecular weight is 193 g/mol. The first-order valence-electron chi connectivity index (χ1n) is 2.76. The Labute approximate surface area is 71.7 Å². The number of benzene rings is 1. The Balaban J connectivity index is 0.000000640. The molecule has 0 N–H and O–H groups in total. The molecule has 0 radical (unpaired) electrons. The molecule has 0 nitrogen and oxygen atoms in total. The summed E-state index contributed by atoms with van der Waals surface area (Å²) in [7, 11) is 0. The topological polar surface area (TPSA) is 0 Å². The van der Waals surface area contributed by atoms with Crippen LogP contribution in [0.1, 0.15) is 5.56 Å². The molecule has 1 aromatic rings. The molecule has 0 aliphatic carbocycles. The van der Waals surface area contributed by atoms with Gasteiger partial charge in [-0.15, -0.1) is 12.4 Å². The summed E-state index contributed by atoms with van der Waals surface area (Å²) in [4.78, 5) is 0. The maximum atomic E-state index is 2.17. The molecule has 0 fully saturated rings. The number of halogens is 1. The Morgan fingerprint density at radius 2 is 1.67 bits per heavy atom. The van der Waals surface area contributed by atoms with E-state index in [4.69, 9.17) is 0 Å². The molecule has 1 aromatic carbocycles. The molecule has 0 saturated carbocycles. The normalized spacial score (nSPS) is 8.22. The molecule has 1 rings (SSSR count). The summed E-state index contributed by atoms with van der Waals surface area (Å²) < 4.78 is 0. The Morgan fingerprint density at radius 3 is 2.00 bits per heavy atom. The van der Waals surface area contributed by atoms with Crippen molar-refractivity contribution in [2.24, 2.45) is 0 Å². The second-order valence-electron chi connectivity index (χ2n) is 1.74. The third-order valence-electron chi connectivity index (χ3n) is 1.13. The first-order chi connectivity index (χ1) is 3.93. The molecular formula is C7H8ClZn. The van der Waals surface area contributed by atoms with Gasteiger partial charge in [0.05, 0.1) is 0 Å². The number of rotatable bonds is 1. The quantitative estimate of drug-likeness (QED) is 0.599. The predicted octanol–water partition coefficient (Wildman–Crippen LogP) is 2.16. The molecule has 0 aromatic heterocycles. The van der Waals surface area contributed by atoms with Crippen LogP contribution in [0.15, 0.2) is 30.3 Å². The van der Waals surface area contributed by atoms with Crippen molar-refractivity contribution in [2.75, 3.05) is 0 Å². The molecule has 0 unspecified atom stereocenters. The average Bonchev–Trinajstić information content (AvgIpc) is 1.90. The molecule has 0 aliphatic rings. The Bertz CT molecular complexity index is 150. The van der Waals surface area contributed by atoms with E-state index in [0.29, 0.717) is 0 Å². The van der Waals surface area contributed by atoms with Crippen LogP contribution in [0.2, 0.25) is 0 Å². The van der Waals surface area contributed by atoms with E-state index in [1.807, 2.05) is 0 Å². The van der Waals surface area contributed by atoms with Crippen LogP contribution in [0.25, 0.3) is 0 Å². The number of hydrogen-bond donors (Lipinski definition) is 0. The van der Waals surface area contributed by atoms with Gasteiger partial charge in [0.15, 0.2) is 0 Å². The molecule has 0 heterocycles. The van der Waals surface area contributed by atoms with E-state index in [9.17, 15) is 0 Å². The van der Waals surface area contributed by atoms with E-state index in [2.05, 4.69) is 30.3 Å². The summed E-state index contributed by atoms with van der Waals surface area (Å²) in [5.41, 5.74) is 1.47. The zero-order valence-electron chi connectivity index (χ0n) is 5.21. The minimum absolute atomic E-state index is 0. The van der Waals surface area contributed by atoms with Gasteiger partial charge in [-0.3, -0.25) is 0 Å². The summed E-state index contributed by atoms with van der Waals surface area (Å²) in [6.07, 6.45) is 0. The van der Waals surface area contributed by atoms with Crippen LogP contribution in [0.3, 0.4) is 0 Å². The molecule has 0 saturated heterocycles. The Hall–Kier alpha value is 0.133. The maximum absolute atomic E-state index is 2.17. The molecule has 0 aliphatic heterocycles. The molecular weight excluding hydrogens is 185 g/mol. The van der Waals surface area contributed by atoms with Crippen molar-refractivity contribution in [2.45, 2.75) is 5.02 Å². The SMILES string of the molecule is Cl.[Zn][CH2]c1ccccc1. The van der Waals surface area contributed by atoms with Crippen LogP contribution in [-0.4, -0.2) is 0 Å². The van der Waals surface area contributed by atoms with Crippen LogP contribution >= 0.6 is 12.4 Å². The molecule has 0 bridgehead atoms. The fourth-order valence-corrected chi connectivity index (χ4v) is 1.34. The summed E-state index contributed by atoms with van der Waals surface area (Å²) >= 11 is 1.37. The standard InChI is InChI=1S/C7H7.ClH.Zn/c1-7-5-3-2-4-6-7;;/h2-6H,1H2;1H;. The third-order valence-corrected chi connectivity index (χ3v) is 2.34. The first-order valence-corrected chi connectivity index (χ1v) is 4.86. The van der Waals surface area contributed by atoms with E-state index < -0.39 is 0 Å². The van der Waals surface area contributed by atoms with Crippen LogP contribution < -0.4 is 0 Å². The van der Waals surface area contributed by atoms with Gasteiger partial charge in [-0.2, -0.15) is 0 Å². The predicted molar refractivity (Wildman–Crippen MR) is 37.4 cm³/mol. The number of hydrogen-bond acceptors (Lipinski definition) is 0. The van der Waals surface area contributed by atoms with Crippen LogP contribution in [0, 0.1) is 0 Å². The fourth-order valence-electron chi connectivity index (χ4n) is 0.645. The van der Waals surface area contributed by atoms with Gasteiger partial charge in [0.25, 0.3) is 0 Å². The van der Waals surface area contributed by atoms with Crippen molar-refractivity contribution in [3.8, 4) is 0 Å². The van der Waals surface area contributed by atoms with Gasteiger partial charge >= 0.3 is 59.2 Å². The third kappa shape index (κ3) is 2.98. The molecule has 0 atom stereocenters. The molecule has 0 spiro atoms. The molecule has 9 heavy (non-hydrogen) atoms. The minimum atomic E-state index is 0. The monoisotopic (exact) mass is 191 g/mol. The second kappa shape index (κ2) is 4.96. The van der Waals surface area contributed by atoms with E-state index in [0.717, 1.165) is 0 Å². The Morgan fingerprint density at radius 1 is 1.11 bits per heavy atom. The van der Waals surface area contributed by atoms with Crippen LogP contribution in [0.5, 0.6) is 0 Å². The first kappa shape index (κ1) is 9.13. The van der Waals surface area contributed by atoms with Gasteiger partial charge in [-0.1, -0.05) is 0 Å². The van der Waals surface area contributed by atoms with E-state index >= 15 is 0 Å². The van der Waals surface area contributed by atoms with Gasteiger partial charge in [0, 0.05) is 0 Å². The fraction of sp³-hybridized carbons (Fsp3) is 0.143. The van der Waals surface area contributed by atoms with E-state index in [-0.39, 0.29) is 12.4 Å². The van der Waals surface area contributed by atoms with Gasteiger partial charge < -0.3 is 0 Å². The van der Waals surface area contributed by atoms with Gasteiger partial charge in [-0.05, 0) is 0 Å². The van der Waals surface area contributed by atoms with E-state index in [1.54, 1.807) is 0 Å². The summed E-state index contributed by atoms with van der Waals surface area (Å²) in [5.74, 6) is 0.